The van der Waals surface area contributed by atoms with Gasteiger partial charge >= 0.3 is 42.7 Å². The van der Waals surface area contributed by atoms with E-state index in [2.05, 4.69) is 36.8 Å². The zero-order valence-electron chi connectivity index (χ0n) is 14.1. The maximum atomic E-state index is 13.2. The van der Waals surface area contributed by atoms with Crippen LogP contribution in [0.3, 0.4) is 0 Å². The molecule has 0 saturated carbocycles. The van der Waals surface area contributed by atoms with Gasteiger partial charge < -0.3 is 9.47 Å². The minimum Gasteiger partial charge on any atom is -0.453 e. The summed E-state index contributed by atoms with van der Waals surface area (Å²) in [5.74, 6) is -3.21. The van der Waals surface area contributed by atoms with Crippen molar-refractivity contribution in [3.05, 3.63) is 25.3 Å². The highest BCUT2D eigenvalue weighted by Crippen LogP contribution is 2.44. The van der Waals surface area contributed by atoms with Crippen LogP contribution in [0.2, 0.25) is 0 Å². The zero-order chi connectivity index (χ0) is 24.0. The lowest BCUT2D eigenvalue weighted by Gasteiger charge is -2.31. The standard InChI is InChI=1S/C13H10F10O7/c1-3-7(24)26-5-9(14,15)28-11(18,19)12(20,21)30-13(22,23)29-10(16,17)6-27-8(25)4-2/h3-4H,1-2,5-6H2. The van der Waals surface area contributed by atoms with Crippen LogP contribution < -0.4 is 0 Å². The fourth-order valence-electron chi connectivity index (χ4n) is 1.14. The minimum atomic E-state index is -6.70. The summed E-state index contributed by atoms with van der Waals surface area (Å²) in [6.07, 6.45) is -29.6. The summed E-state index contributed by atoms with van der Waals surface area (Å²) in [7, 11) is 0. The van der Waals surface area contributed by atoms with Crippen LogP contribution in [0.15, 0.2) is 25.3 Å². The number of carbonyl (C=O) groups excluding carboxylic acids is 2. The predicted molar refractivity (Wildman–Crippen MR) is 70.3 cm³/mol. The van der Waals surface area contributed by atoms with Crippen molar-refractivity contribution < 1.29 is 77.2 Å². The average Bonchev–Trinajstić information content (AvgIpc) is 2.54. The van der Waals surface area contributed by atoms with E-state index in [1.807, 2.05) is 0 Å². The molecular weight excluding hydrogens is 458 g/mol. The van der Waals surface area contributed by atoms with Crippen LogP contribution in [-0.4, -0.2) is 55.9 Å². The average molecular weight is 468 g/mol. The quantitative estimate of drug-likeness (QED) is 0.177. The van der Waals surface area contributed by atoms with Gasteiger partial charge in [0.1, 0.15) is 0 Å². The monoisotopic (exact) mass is 468 g/mol. The van der Waals surface area contributed by atoms with Crippen LogP contribution >= 0.6 is 0 Å². The molecule has 0 aliphatic rings. The van der Waals surface area contributed by atoms with Crippen LogP contribution in [0, 0.1) is 0 Å². The van der Waals surface area contributed by atoms with Crippen molar-refractivity contribution in [3.8, 4) is 0 Å². The van der Waals surface area contributed by atoms with Gasteiger partial charge in [-0.05, 0) is 0 Å². The molecular formula is C13H10F10O7. The van der Waals surface area contributed by atoms with Gasteiger partial charge in [-0.2, -0.15) is 35.1 Å². The molecule has 0 bridgehead atoms. The number of esters is 2. The fourth-order valence-corrected chi connectivity index (χ4v) is 1.14. The van der Waals surface area contributed by atoms with E-state index < -0.39 is 55.9 Å². The Morgan fingerprint density at radius 3 is 1.33 bits per heavy atom. The molecule has 0 saturated heterocycles. The van der Waals surface area contributed by atoms with Gasteiger partial charge in [0.15, 0.2) is 13.2 Å². The number of carbonyl (C=O) groups is 2. The van der Waals surface area contributed by atoms with Gasteiger partial charge in [0.2, 0.25) is 0 Å². The SMILES string of the molecule is C=CC(=O)OCC(F)(F)OC(F)(F)OC(F)(F)C(F)(F)OC(F)(F)COC(=O)C=C. The molecule has 0 amide bonds. The lowest BCUT2D eigenvalue weighted by Crippen LogP contribution is -2.54. The number of rotatable bonds is 13. The number of halogens is 10. The molecule has 0 N–H and O–H groups in total. The third-order valence-electron chi connectivity index (χ3n) is 2.23. The smallest absolute Gasteiger partial charge is 0.453 e. The Kier molecular flexibility index (Phi) is 8.84. The van der Waals surface area contributed by atoms with Crippen LogP contribution in [0.1, 0.15) is 0 Å². The number of alkyl halides is 10. The Labute approximate surface area is 159 Å². The molecule has 0 unspecified atom stereocenters. The van der Waals surface area contributed by atoms with E-state index in [9.17, 15) is 53.5 Å². The molecule has 174 valence electrons. The van der Waals surface area contributed by atoms with Crippen molar-refractivity contribution in [2.45, 2.75) is 30.7 Å². The number of hydrogen-bond donors (Lipinski definition) is 0. The Balaban J connectivity index is 5.21. The number of hydrogen-bond acceptors (Lipinski definition) is 7. The van der Waals surface area contributed by atoms with Crippen LogP contribution in [0.5, 0.6) is 0 Å². The first-order chi connectivity index (χ1) is 13.3. The topological polar surface area (TPSA) is 80.3 Å². The number of ether oxygens (including phenoxy) is 5. The molecule has 17 heteroatoms. The summed E-state index contributed by atoms with van der Waals surface area (Å²) in [6, 6.07) is 0. The van der Waals surface area contributed by atoms with E-state index >= 15 is 0 Å². The first kappa shape index (κ1) is 27.6. The highest BCUT2D eigenvalue weighted by Gasteiger charge is 2.69. The van der Waals surface area contributed by atoms with Gasteiger partial charge in [0.25, 0.3) is 0 Å². The van der Waals surface area contributed by atoms with E-state index in [4.69, 9.17) is 0 Å². The zero-order valence-corrected chi connectivity index (χ0v) is 14.1. The second kappa shape index (κ2) is 9.61. The largest absolute Gasteiger partial charge is 0.495 e. The lowest BCUT2D eigenvalue weighted by atomic mass is 10.5. The highest BCUT2D eigenvalue weighted by atomic mass is 19.3. The lowest BCUT2D eigenvalue weighted by molar-refractivity contribution is -0.566. The molecule has 0 radical (unpaired) electrons. The molecule has 0 fully saturated rings. The van der Waals surface area contributed by atoms with Gasteiger partial charge in [0.05, 0.1) is 0 Å². The van der Waals surface area contributed by atoms with Crippen molar-refractivity contribution in [1.82, 2.24) is 0 Å². The summed E-state index contributed by atoms with van der Waals surface area (Å²) < 4.78 is 145. The fraction of sp³-hybridized carbons (Fsp3) is 0.538. The minimum absolute atomic E-state index is 0.274. The van der Waals surface area contributed by atoms with Crippen molar-refractivity contribution in [1.29, 1.82) is 0 Å². The second-order valence-electron chi connectivity index (χ2n) is 4.70. The van der Waals surface area contributed by atoms with Gasteiger partial charge in [-0.25, -0.2) is 23.8 Å². The highest BCUT2D eigenvalue weighted by molar-refractivity contribution is 5.81. The Morgan fingerprint density at radius 2 is 0.967 bits per heavy atom. The molecule has 0 atom stereocenters. The molecule has 0 spiro atoms. The first-order valence-electron chi connectivity index (χ1n) is 6.86. The summed E-state index contributed by atoms with van der Waals surface area (Å²) in [5, 5.41) is 0. The van der Waals surface area contributed by atoms with Crippen molar-refractivity contribution in [2.24, 2.45) is 0 Å². The van der Waals surface area contributed by atoms with Gasteiger partial charge in [0, 0.05) is 12.2 Å². The van der Waals surface area contributed by atoms with Crippen LogP contribution in [-0.2, 0) is 33.3 Å². The summed E-state index contributed by atoms with van der Waals surface area (Å²) in [4.78, 5) is 21.1. The molecule has 0 heterocycles. The van der Waals surface area contributed by atoms with E-state index in [1.54, 1.807) is 0 Å². The van der Waals surface area contributed by atoms with E-state index in [0.29, 0.717) is 6.08 Å². The third-order valence-corrected chi connectivity index (χ3v) is 2.23. The van der Waals surface area contributed by atoms with Gasteiger partial charge in [-0.1, -0.05) is 13.2 Å². The van der Waals surface area contributed by atoms with E-state index in [0.717, 1.165) is 0 Å². The predicted octanol–water partition coefficient (Wildman–Crippen LogP) is 3.42. The Bertz CT molecular complexity index is 650. The second-order valence-corrected chi connectivity index (χ2v) is 4.70. The van der Waals surface area contributed by atoms with Crippen LogP contribution in [0.25, 0.3) is 0 Å². The summed E-state index contributed by atoms with van der Waals surface area (Å²) in [5.41, 5.74) is 0. The van der Waals surface area contributed by atoms with Gasteiger partial charge in [-0.15, -0.1) is 8.78 Å². The van der Waals surface area contributed by atoms with Crippen LogP contribution in [0.4, 0.5) is 43.9 Å². The van der Waals surface area contributed by atoms with Crippen molar-refractivity contribution in [3.63, 3.8) is 0 Å². The Morgan fingerprint density at radius 1 is 0.633 bits per heavy atom. The molecule has 0 aliphatic heterocycles. The summed E-state index contributed by atoms with van der Waals surface area (Å²) >= 11 is 0. The maximum absolute atomic E-state index is 13.2. The molecule has 0 aromatic carbocycles. The Hall–Kier alpha value is -2.40. The molecule has 0 aliphatic carbocycles. The van der Waals surface area contributed by atoms with Crippen molar-refractivity contribution in [2.75, 3.05) is 13.2 Å². The molecule has 0 aromatic rings. The third kappa shape index (κ3) is 9.40. The normalized spacial score (nSPS) is 13.5. The molecule has 0 aromatic heterocycles. The summed E-state index contributed by atoms with van der Waals surface area (Å²) in [6.45, 7) is 0.775. The molecule has 30 heavy (non-hydrogen) atoms. The van der Waals surface area contributed by atoms with E-state index in [1.165, 1.54) is 0 Å². The molecule has 0 rings (SSSR count). The van der Waals surface area contributed by atoms with Crippen molar-refractivity contribution >= 4 is 11.9 Å². The maximum Gasteiger partial charge on any atom is 0.495 e. The van der Waals surface area contributed by atoms with Gasteiger partial charge in [-0.3, -0.25) is 0 Å². The first-order valence-corrected chi connectivity index (χ1v) is 6.86. The molecule has 7 nitrogen and oxygen atoms in total. The van der Waals surface area contributed by atoms with E-state index in [-0.39, 0.29) is 6.08 Å².